The van der Waals surface area contributed by atoms with Gasteiger partial charge in [-0.3, -0.25) is 9.58 Å². The van der Waals surface area contributed by atoms with E-state index in [0.29, 0.717) is 6.04 Å². The van der Waals surface area contributed by atoms with Crippen LogP contribution in [0, 0.1) is 6.92 Å². The van der Waals surface area contributed by atoms with E-state index in [1.165, 1.54) is 0 Å². The van der Waals surface area contributed by atoms with Crippen molar-refractivity contribution in [1.82, 2.24) is 14.7 Å². The quantitative estimate of drug-likeness (QED) is 0.808. The van der Waals surface area contributed by atoms with Crippen LogP contribution in [-0.2, 0) is 18.3 Å². The summed E-state index contributed by atoms with van der Waals surface area (Å²) in [6.07, 6.45) is 1.10. The minimum atomic E-state index is 0.510. The van der Waals surface area contributed by atoms with E-state index in [1.54, 1.807) is 4.68 Å². The van der Waals surface area contributed by atoms with E-state index in [0.717, 1.165) is 42.6 Å². The van der Waals surface area contributed by atoms with Crippen LogP contribution >= 0.6 is 11.6 Å². The summed E-state index contributed by atoms with van der Waals surface area (Å²) in [6.45, 7) is 4.54. The van der Waals surface area contributed by atoms with E-state index in [9.17, 15) is 0 Å². The number of likely N-dealkylation sites (N-methyl/N-ethyl adjacent to an activating group) is 1. The molecule has 1 saturated heterocycles. The van der Waals surface area contributed by atoms with Crippen LogP contribution in [0.2, 0.25) is 5.15 Å². The smallest absolute Gasteiger partial charge is 0.131 e. The zero-order chi connectivity index (χ0) is 11.7. The number of ether oxygens (including phenoxy) is 1. The molecule has 2 heterocycles. The van der Waals surface area contributed by atoms with E-state index < -0.39 is 0 Å². The molecule has 5 heteroatoms. The first kappa shape index (κ1) is 11.9. The van der Waals surface area contributed by atoms with Crippen LogP contribution in [0.1, 0.15) is 17.7 Å². The number of hydrogen-bond acceptors (Lipinski definition) is 3. The topological polar surface area (TPSA) is 30.3 Å². The Morgan fingerprint density at radius 2 is 2.38 bits per heavy atom. The molecule has 2 rings (SSSR count). The number of rotatable bonds is 3. The Labute approximate surface area is 101 Å². The van der Waals surface area contributed by atoms with Crippen LogP contribution in [0.3, 0.4) is 0 Å². The Bertz CT molecular complexity index is 372. The second-order valence-electron chi connectivity index (χ2n) is 4.41. The van der Waals surface area contributed by atoms with Gasteiger partial charge in [0.25, 0.3) is 0 Å². The molecular weight excluding hydrogens is 226 g/mol. The molecule has 1 fully saturated rings. The number of aromatic nitrogens is 2. The zero-order valence-corrected chi connectivity index (χ0v) is 10.8. The Hall–Kier alpha value is -0.580. The van der Waals surface area contributed by atoms with Gasteiger partial charge in [-0.2, -0.15) is 5.10 Å². The molecule has 0 N–H and O–H groups in total. The highest BCUT2D eigenvalue weighted by Crippen LogP contribution is 2.22. The highest BCUT2D eigenvalue weighted by atomic mass is 35.5. The maximum absolute atomic E-state index is 6.21. The third kappa shape index (κ3) is 2.24. The summed E-state index contributed by atoms with van der Waals surface area (Å²) in [5, 5.41) is 5.06. The van der Waals surface area contributed by atoms with Gasteiger partial charge in [0.2, 0.25) is 0 Å². The first-order valence-corrected chi connectivity index (χ1v) is 5.93. The lowest BCUT2D eigenvalue weighted by atomic mass is 10.2. The van der Waals surface area contributed by atoms with Crippen LogP contribution in [0.25, 0.3) is 0 Å². The van der Waals surface area contributed by atoms with Crippen molar-refractivity contribution in [3.05, 3.63) is 16.4 Å². The molecule has 90 valence electrons. The molecule has 16 heavy (non-hydrogen) atoms. The fourth-order valence-electron chi connectivity index (χ4n) is 2.10. The average molecular weight is 244 g/mol. The molecule has 0 amide bonds. The van der Waals surface area contributed by atoms with Gasteiger partial charge in [-0.05, 0) is 20.4 Å². The van der Waals surface area contributed by atoms with Gasteiger partial charge in [0, 0.05) is 31.8 Å². The van der Waals surface area contributed by atoms with E-state index in [4.69, 9.17) is 16.3 Å². The van der Waals surface area contributed by atoms with Crippen molar-refractivity contribution in [3.63, 3.8) is 0 Å². The standard InChI is InChI=1S/C11H18ClN3O/c1-8-10(11(12)15(3)13-8)6-14(2)9-4-5-16-7-9/h9H,4-7H2,1-3H3. The monoisotopic (exact) mass is 243 g/mol. The summed E-state index contributed by atoms with van der Waals surface area (Å²) in [5.41, 5.74) is 2.14. The molecule has 4 nitrogen and oxygen atoms in total. The molecule has 0 spiro atoms. The van der Waals surface area contributed by atoms with Crippen molar-refractivity contribution in [1.29, 1.82) is 0 Å². The maximum atomic E-state index is 6.21. The van der Waals surface area contributed by atoms with Gasteiger partial charge in [0.1, 0.15) is 5.15 Å². The molecule has 0 aromatic carbocycles. The summed E-state index contributed by atoms with van der Waals surface area (Å²) >= 11 is 6.21. The molecular formula is C11H18ClN3O. The summed E-state index contributed by atoms with van der Waals surface area (Å²) < 4.78 is 7.11. The molecule has 1 aliphatic heterocycles. The predicted octanol–water partition coefficient (Wildman–Crippen LogP) is 1.60. The van der Waals surface area contributed by atoms with E-state index in [-0.39, 0.29) is 0 Å². The zero-order valence-electron chi connectivity index (χ0n) is 10.0. The lowest BCUT2D eigenvalue weighted by Crippen LogP contribution is -2.31. The molecule has 0 bridgehead atoms. The fourth-order valence-corrected chi connectivity index (χ4v) is 2.34. The van der Waals surface area contributed by atoms with Gasteiger partial charge < -0.3 is 4.74 Å². The van der Waals surface area contributed by atoms with Crippen LogP contribution in [-0.4, -0.2) is 41.0 Å². The molecule has 1 unspecified atom stereocenters. The molecule has 1 aliphatic rings. The maximum Gasteiger partial charge on any atom is 0.131 e. The van der Waals surface area contributed by atoms with Gasteiger partial charge in [0.05, 0.1) is 12.3 Å². The molecule has 0 aliphatic carbocycles. The van der Waals surface area contributed by atoms with Crippen molar-refractivity contribution in [2.45, 2.75) is 25.9 Å². The molecule has 0 radical (unpaired) electrons. The van der Waals surface area contributed by atoms with Crippen molar-refractivity contribution in [2.24, 2.45) is 7.05 Å². The third-order valence-electron chi connectivity index (χ3n) is 3.21. The Morgan fingerprint density at radius 3 is 2.88 bits per heavy atom. The predicted molar refractivity (Wildman–Crippen MR) is 63.6 cm³/mol. The number of nitrogens with zero attached hydrogens (tertiary/aromatic N) is 3. The largest absolute Gasteiger partial charge is 0.380 e. The second kappa shape index (κ2) is 4.73. The minimum Gasteiger partial charge on any atom is -0.380 e. The second-order valence-corrected chi connectivity index (χ2v) is 4.77. The summed E-state index contributed by atoms with van der Waals surface area (Å²) in [5.74, 6) is 0. The highest BCUT2D eigenvalue weighted by molar-refractivity contribution is 6.30. The van der Waals surface area contributed by atoms with E-state index in [2.05, 4.69) is 17.0 Å². The molecule has 0 saturated carbocycles. The highest BCUT2D eigenvalue weighted by Gasteiger charge is 2.22. The third-order valence-corrected chi connectivity index (χ3v) is 3.68. The summed E-state index contributed by atoms with van der Waals surface area (Å²) in [6, 6.07) is 0.510. The lowest BCUT2D eigenvalue weighted by molar-refractivity contribution is 0.156. The number of halogens is 1. The SMILES string of the molecule is Cc1nn(C)c(Cl)c1CN(C)C1CCOC1. The van der Waals surface area contributed by atoms with Crippen LogP contribution in [0.5, 0.6) is 0 Å². The van der Waals surface area contributed by atoms with Crippen LogP contribution in [0.4, 0.5) is 0 Å². The van der Waals surface area contributed by atoms with Crippen LogP contribution < -0.4 is 0 Å². The van der Waals surface area contributed by atoms with E-state index >= 15 is 0 Å². The number of aryl methyl sites for hydroxylation is 2. The van der Waals surface area contributed by atoms with Crippen molar-refractivity contribution in [2.75, 3.05) is 20.3 Å². The Kier molecular flexibility index (Phi) is 3.52. The minimum absolute atomic E-state index is 0.510. The van der Waals surface area contributed by atoms with Crippen molar-refractivity contribution < 1.29 is 4.74 Å². The normalized spacial score (nSPS) is 20.9. The van der Waals surface area contributed by atoms with Crippen LogP contribution in [0.15, 0.2) is 0 Å². The van der Waals surface area contributed by atoms with Gasteiger partial charge >= 0.3 is 0 Å². The number of hydrogen-bond donors (Lipinski definition) is 0. The van der Waals surface area contributed by atoms with Gasteiger partial charge in [-0.1, -0.05) is 11.6 Å². The molecule has 1 aromatic heterocycles. The Morgan fingerprint density at radius 1 is 1.62 bits per heavy atom. The Balaban J connectivity index is 2.07. The first-order chi connectivity index (χ1) is 7.59. The van der Waals surface area contributed by atoms with E-state index in [1.807, 2.05) is 14.0 Å². The van der Waals surface area contributed by atoms with Crippen molar-refractivity contribution >= 4 is 11.6 Å². The lowest BCUT2D eigenvalue weighted by Gasteiger charge is -2.22. The molecule has 1 aromatic rings. The van der Waals surface area contributed by atoms with Gasteiger partial charge in [0.15, 0.2) is 0 Å². The first-order valence-electron chi connectivity index (χ1n) is 5.55. The molecule has 1 atom stereocenters. The summed E-state index contributed by atoms with van der Waals surface area (Å²) in [4.78, 5) is 2.29. The van der Waals surface area contributed by atoms with Gasteiger partial charge in [-0.15, -0.1) is 0 Å². The fraction of sp³-hybridized carbons (Fsp3) is 0.727. The van der Waals surface area contributed by atoms with Gasteiger partial charge in [-0.25, -0.2) is 0 Å². The van der Waals surface area contributed by atoms with Crippen molar-refractivity contribution in [3.8, 4) is 0 Å². The average Bonchev–Trinajstić information content (AvgIpc) is 2.83. The summed E-state index contributed by atoms with van der Waals surface area (Å²) in [7, 11) is 3.99.